The number of fused-ring (bicyclic) bond motifs is 1. The van der Waals surface area contributed by atoms with Gasteiger partial charge in [-0.05, 0) is 60.9 Å². The summed E-state index contributed by atoms with van der Waals surface area (Å²) in [5.41, 5.74) is 2.91. The zero-order valence-electron chi connectivity index (χ0n) is 21.6. The molecule has 0 saturated carbocycles. The average Bonchev–Trinajstić information content (AvgIpc) is 3.07. The van der Waals surface area contributed by atoms with Crippen LogP contribution in [0.5, 0.6) is 23.0 Å². The summed E-state index contributed by atoms with van der Waals surface area (Å²) in [7, 11) is 4.73. The van der Waals surface area contributed by atoms with Crippen LogP contribution in [0.25, 0.3) is 0 Å². The third-order valence-corrected chi connectivity index (χ3v) is 6.38. The SMILES string of the molecule is CCC1Oc2ccc(NC(=O)c3ccccc3OC)cc2CN(CCc2ccc(OC)c(OC)c2)C1=O. The van der Waals surface area contributed by atoms with Crippen LogP contribution in [-0.4, -0.2) is 50.7 Å². The second-order valence-corrected chi connectivity index (χ2v) is 8.69. The van der Waals surface area contributed by atoms with E-state index in [1.807, 2.05) is 42.2 Å². The van der Waals surface area contributed by atoms with Crippen molar-refractivity contribution in [2.24, 2.45) is 0 Å². The molecule has 0 spiro atoms. The largest absolute Gasteiger partial charge is 0.496 e. The lowest BCUT2D eigenvalue weighted by molar-refractivity contribution is -0.138. The van der Waals surface area contributed by atoms with E-state index in [0.717, 1.165) is 11.1 Å². The van der Waals surface area contributed by atoms with Gasteiger partial charge in [-0.25, -0.2) is 0 Å². The molecule has 1 atom stereocenters. The maximum atomic E-state index is 13.3. The Bertz CT molecular complexity index is 1280. The van der Waals surface area contributed by atoms with Gasteiger partial charge in [0.1, 0.15) is 11.5 Å². The van der Waals surface area contributed by atoms with Crippen LogP contribution in [0.15, 0.2) is 60.7 Å². The summed E-state index contributed by atoms with van der Waals surface area (Å²) in [6.45, 7) is 2.81. The molecular weight excluding hydrogens is 472 g/mol. The molecule has 1 unspecified atom stereocenters. The number of ether oxygens (including phenoxy) is 4. The fourth-order valence-electron chi connectivity index (χ4n) is 4.36. The van der Waals surface area contributed by atoms with Gasteiger partial charge >= 0.3 is 0 Å². The molecule has 0 saturated heterocycles. The van der Waals surface area contributed by atoms with Crippen LogP contribution in [0.3, 0.4) is 0 Å². The molecule has 2 amide bonds. The molecule has 0 fully saturated rings. The molecule has 1 aliphatic heterocycles. The summed E-state index contributed by atoms with van der Waals surface area (Å²) >= 11 is 0. The molecule has 1 aliphatic rings. The standard InChI is InChI=1S/C29H32N2O6/c1-5-23-29(33)31(15-14-19-10-12-26(35-3)27(16-19)36-4)18-20-17-21(11-13-24(20)37-23)30-28(32)22-8-6-7-9-25(22)34-2/h6-13,16-17,23H,5,14-15,18H2,1-4H3,(H,30,32). The highest BCUT2D eigenvalue weighted by Gasteiger charge is 2.30. The molecule has 8 nitrogen and oxygen atoms in total. The van der Waals surface area contributed by atoms with Crippen molar-refractivity contribution in [1.82, 2.24) is 4.90 Å². The summed E-state index contributed by atoms with van der Waals surface area (Å²) in [5, 5.41) is 2.93. The van der Waals surface area contributed by atoms with E-state index in [2.05, 4.69) is 5.32 Å². The predicted molar refractivity (Wildman–Crippen MR) is 141 cm³/mol. The van der Waals surface area contributed by atoms with E-state index < -0.39 is 6.10 Å². The Hall–Kier alpha value is -4.20. The fraction of sp³-hybridized carbons (Fsp3) is 0.310. The first-order chi connectivity index (χ1) is 18.0. The van der Waals surface area contributed by atoms with E-state index >= 15 is 0 Å². The number of rotatable bonds is 9. The third kappa shape index (κ3) is 5.80. The molecule has 1 N–H and O–H groups in total. The highest BCUT2D eigenvalue weighted by atomic mass is 16.5. The van der Waals surface area contributed by atoms with Gasteiger partial charge in [-0.1, -0.05) is 25.1 Å². The first kappa shape index (κ1) is 25.9. The van der Waals surface area contributed by atoms with Crippen molar-refractivity contribution in [3.05, 3.63) is 77.4 Å². The molecule has 37 heavy (non-hydrogen) atoms. The van der Waals surface area contributed by atoms with Crippen LogP contribution >= 0.6 is 0 Å². The van der Waals surface area contributed by atoms with Crippen molar-refractivity contribution in [3.63, 3.8) is 0 Å². The first-order valence-corrected chi connectivity index (χ1v) is 12.2. The zero-order chi connectivity index (χ0) is 26.4. The van der Waals surface area contributed by atoms with Gasteiger partial charge in [0.25, 0.3) is 11.8 Å². The molecule has 3 aromatic carbocycles. The maximum absolute atomic E-state index is 13.3. The van der Waals surface area contributed by atoms with Crippen LogP contribution in [0.4, 0.5) is 5.69 Å². The topological polar surface area (TPSA) is 86.3 Å². The number of para-hydroxylation sites is 1. The fourth-order valence-corrected chi connectivity index (χ4v) is 4.36. The van der Waals surface area contributed by atoms with Crippen molar-refractivity contribution < 1.29 is 28.5 Å². The Morgan fingerprint density at radius 3 is 2.46 bits per heavy atom. The molecule has 0 radical (unpaired) electrons. The van der Waals surface area contributed by atoms with E-state index in [1.165, 1.54) is 7.11 Å². The van der Waals surface area contributed by atoms with E-state index in [0.29, 0.717) is 60.2 Å². The van der Waals surface area contributed by atoms with E-state index in [4.69, 9.17) is 18.9 Å². The van der Waals surface area contributed by atoms with Crippen LogP contribution in [0, 0.1) is 0 Å². The van der Waals surface area contributed by atoms with Crippen molar-refractivity contribution in [2.75, 3.05) is 33.2 Å². The number of nitrogens with zero attached hydrogens (tertiary/aromatic N) is 1. The average molecular weight is 505 g/mol. The van der Waals surface area contributed by atoms with Gasteiger partial charge in [0.05, 0.1) is 26.9 Å². The summed E-state index contributed by atoms with van der Waals surface area (Å²) in [6, 6.07) is 18.3. The van der Waals surface area contributed by atoms with Crippen LogP contribution in [0.2, 0.25) is 0 Å². The number of anilines is 1. The quantitative estimate of drug-likeness (QED) is 0.454. The Morgan fingerprint density at radius 1 is 0.973 bits per heavy atom. The van der Waals surface area contributed by atoms with Gasteiger partial charge in [-0.2, -0.15) is 0 Å². The van der Waals surface area contributed by atoms with E-state index in [1.54, 1.807) is 44.6 Å². The molecule has 4 rings (SSSR count). The van der Waals surface area contributed by atoms with Crippen LogP contribution < -0.4 is 24.3 Å². The highest BCUT2D eigenvalue weighted by molar-refractivity contribution is 6.06. The second kappa shape index (κ2) is 11.7. The number of hydrogen-bond acceptors (Lipinski definition) is 6. The van der Waals surface area contributed by atoms with Crippen molar-refractivity contribution in [1.29, 1.82) is 0 Å². The van der Waals surface area contributed by atoms with Gasteiger partial charge < -0.3 is 29.2 Å². The van der Waals surface area contributed by atoms with Gasteiger partial charge in [0, 0.05) is 24.3 Å². The molecule has 0 bridgehead atoms. The number of nitrogens with one attached hydrogen (secondary N) is 1. The van der Waals surface area contributed by atoms with Crippen molar-refractivity contribution >= 4 is 17.5 Å². The molecule has 8 heteroatoms. The maximum Gasteiger partial charge on any atom is 0.263 e. The van der Waals surface area contributed by atoms with Crippen molar-refractivity contribution in [3.8, 4) is 23.0 Å². The van der Waals surface area contributed by atoms with Gasteiger partial charge in [0.2, 0.25) is 0 Å². The number of methoxy groups -OCH3 is 3. The lowest BCUT2D eigenvalue weighted by atomic mass is 10.1. The Balaban J connectivity index is 1.54. The second-order valence-electron chi connectivity index (χ2n) is 8.69. The number of carbonyl (C=O) groups is 2. The van der Waals surface area contributed by atoms with Gasteiger partial charge in [-0.3, -0.25) is 9.59 Å². The number of hydrogen-bond donors (Lipinski definition) is 1. The third-order valence-electron chi connectivity index (χ3n) is 6.38. The zero-order valence-corrected chi connectivity index (χ0v) is 21.6. The van der Waals surface area contributed by atoms with Crippen LogP contribution in [0.1, 0.15) is 34.8 Å². The van der Waals surface area contributed by atoms with E-state index in [-0.39, 0.29) is 11.8 Å². The summed E-state index contributed by atoms with van der Waals surface area (Å²) < 4.78 is 22.1. The number of amides is 2. The van der Waals surface area contributed by atoms with E-state index in [9.17, 15) is 9.59 Å². The lowest BCUT2D eigenvalue weighted by Gasteiger charge is -2.23. The summed E-state index contributed by atoms with van der Waals surface area (Å²) in [5.74, 6) is 2.12. The van der Waals surface area contributed by atoms with Crippen molar-refractivity contribution in [2.45, 2.75) is 32.4 Å². The molecule has 1 heterocycles. The Kier molecular flexibility index (Phi) is 8.18. The minimum atomic E-state index is -0.569. The van der Waals surface area contributed by atoms with Gasteiger partial charge in [-0.15, -0.1) is 0 Å². The monoisotopic (exact) mass is 504 g/mol. The Labute approximate surface area is 217 Å². The molecular formula is C29H32N2O6. The first-order valence-electron chi connectivity index (χ1n) is 12.2. The minimum absolute atomic E-state index is 0.0567. The number of benzene rings is 3. The van der Waals surface area contributed by atoms with Crippen LogP contribution in [-0.2, 0) is 17.8 Å². The smallest absolute Gasteiger partial charge is 0.263 e. The normalized spacial score (nSPS) is 14.8. The molecule has 0 aromatic heterocycles. The van der Waals surface area contributed by atoms with Gasteiger partial charge in [0.15, 0.2) is 17.6 Å². The highest BCUT2D eigenvalue weighted by Crippen LogP contribution is 2.31. The number of carbonyl (C=O) groups excluding carboxylic acids is 2. The molecule has 3 aromatic rings. The molecule has 194 valence electrons. The summed E-state index contributed by atoms with van der Waals surface area (Å²) in [6.07, 6.45) is 0.625. The minimum Gasteiger partial charge on any atom is -0.496 e. The lowest BCUT2D eigenvalue weighted by Crippen LogP contribution is -2.40. The summed E-state index contributed by atoms with van der Waals surface area (Å²) in [4.78, 5) is 28.0. The Morgan fingerprint density at radius 2 is 1.73 bits per heavy atom. The predicted octanol–water partition coefficient (Wildman–Crippen LogP) is 4.71. The molecule has 0 aliphatic carbocycles.